The van der Waals surface area contributed by atoms with Crippen LogP contribution in [-0.4, -0.2) is 32.0 Å². The zero-order valence-corrected chi connectivity index (χ0v) is 10.9. The summed E-state index contributed by atoms with van der Waals surface area (Å²) in [6, 6.07) is 2.64. The predicted octanol–water partition coefficient (Wildman–Crippen LogP) is 1.24. The second-order valence-electron chi connectivity index (χ2n) is 5.25. The Balaban J connectivity index is 1.95. The average Bonchev–Trinajstić information content (AvgIpc) is 2.50. The monoisotopic (exact) mass is 256 g/mol. The first kappa shape index (κ1) is 12.8. The van der Waals surface area contributed by atoms with Gasteiger partial charge in [0.05, 0.1) is 23.5 Å². The van der Waals surface area contributed by atoms with E-state index in [1.165, 1.54) is 6.42 Å². The van der Waals surface area contributed by atoms with Crippen molar-refractivity contribution in [3.05, 3.63) is 0 Å². The molecule has 0 aromatic heterocycles. The number of nitriles is 1. The van der Waals surface area contributed by atoms with Crippen LogP contribution < -0.4 is 5.32 Å². The van der Waals surface area contributed by atoms with E-state index in [9.17, 15) is 8.42 Å². The van der Waals surface area contributed by atoms with Crippen molar-refractivity contribution in [2.45, 2.75) is 50.6 Å². The predicted molar refractivity (Wildman–Crippen MR) is 66.2 cm³/mol. The molecule has 0 amide bonds. The van der Waals surface area contributed by atoms with Crippen LogP contribution >= 0.6 is 0 Å². The molecule has 1 saturated heterocycles. The van der Waals surface area contributed by atoms with Crippen molar-refractivity contribution in [1.29, 1.82) is 5.26 Å². The summed E-state index contributed by atoms with van der Waals surface area (Å²) in [4.78, 5) is 0. The molecule has 1 aliphatic heterocycles. The molecule has 2 rings (SSSR count). The van der Waals surface area contributed by atoms with Crippen LogP contribution in [0.25, 0.3) is 0 Å². The lowest BCUT2D eigenvalue weighted by Gasteiger charge is -2.24. The Morgan fingerprint density at radius 1 is 1.12 bits per heavy atom. The van der Waals surface area contributed by atoms with Gasteiger partial charge < -0.3 is 5.32 Å². The van der Waals surface area contributed by atoms with Gasteiger partial charge in [-0.1, -0.05) is 19.3 Å². The fourth-order valence-electron chi connectivity index (χ4n) is 2.89. The Hall–Kier alpha value is -0.600. The van der Waals surface area contributed by atoms with Gasteiger partial charge in [-0.3, -0.25) is 0 Å². The van der Waals surface area contributed by atoms with E-state index in [1.54, 1.807) is 0 Å². The summed E-state index contributed by atoms with van der Waals surface area (Å²) in [5.41, 5.74) is 0. The van der Waals surface area contributed by atoms with Gasteiger partial charge in [-0.05, 0) is 19.3 Å². The van der Waals surface area contributed by atoms with E-state index < -0.39 is 9.84 Å². The molecular weight excluding hydrogens is 236 g/mol. The van der Waals surface area contributed by atoms with Crippen molar-refractivity contribution >= 4 is 9.84 Å². The van der Waals surface area contributed by atoms with E-state index in [2.05, 4.69) is 11.4 Å². The highest BCUT2D eigenvalue weighted by molar-refractivity contribution is 7.91. The maximum absolute atomic E-state index is 11.4. The smallest absolute Gasteiger partial charge is 0.151 e. The summed E-state index contributed by atoms with van der Waals surface area (Å²) >= 11 is 0. The van der Waals surface area contributed by atoms with E-state index in [0.29, 0.717) is 12.2 Å². The van der Waals surface area contributed by atoms with E-state index in [1.807, 2.05) is 0 Å². The minimum absolute atomic E-state index is 0.0563. The van der Waals surface area contributed by atoms with Crippen LogP contribution in [0.3, 0.4) is 0 Å². The minimum Gasteiger partial charge on any atom is -0.309 e. The van der Waals surface area contributed by atoms with Crippen molar-refractivity contribution in [3.8, 4) is 6.07 Å². The Labute approximate surface area is 103 Å². The molecule has 1 N–H and O–H groups in total. The number of hydrogen-bond acceptors (Lipinski definition) is 4. The zero-order chi connectivity index (χ0) is 12.3. The van der Waals surface area contributed by atoms with Crippen molar-refractivity contribution in [2.24, 2.45) is 5.92 Å². The SMILES string of the molecule is N#CC1CCCCCC1NC1CCS(=O)(=O)C1. The van der Waals surface area contributed by atoms with E-state index >= 15 is 0 Å². The van der Waals surface area contributed by atoms with Crippen LogP contribution in [0.4, 0.5) is 0 Å². The largest absolute Gasteiger partial charge is 0.309 e. The first-order valence-corrected chi connectivity index (χ1v) is 8.29. The second-order valence-corrected chi connectivity index (χ2v) is 7.48. The van der Waals surface area contributed by atoms with Gasteiger partial charge in [0.25, 0.3) is 0 Å². The lowest BCUT2D eigenvalue weighted by atomic mass is 9.95. The van der Waals surface area contributed by atoms with Gasteiger partial charge in [0.15, 0.2) is 9.84 Å². The van der Waals surface area contributed by atoms with E-state index in [-0.39, 0.29) is 23.8 Å². The van der Waals surface area contributed by atoms with Gasteiger partial charge in [-0.15, -0.1) is 0 Å². The van der Waals surface area contributed by atoms with Crippen molar-refractivity contribution in [2.75, 3.05) is 11.5 Å². The number of rotatable bonds is 2. The van der Waals surface area contributed by atoms with Crippen LogP contribution in [0, 0.1) is 17.2 Å². The molecule has 0 spiro atoms. The highest BCUT2D eigenvalue weighted by Crippen LogP contribution is 2.24. The fourth-order valence-corrected chi connectivity index (χ4v) is 4.58. The second kappa shape index (κ2) is 5.36. The fraction of sp³-hybridized carbons (Fsp3) is 0.917. The molecule has 1 aliphatic carbocycles. The zero-order valence-electron chi connectivity index (χ0n) is 10.1. The molecular formula is C12H20N2O2S. The highest BCUT2D eigenvalue weighted by atomic mass is 32.2. The van der Waals surface area contributed by atoms with Crippen molar-refractivity contribution in [1.82, 2.24) is 5.32 Å². The van der Waals surface area contributed by atoms with Crippen LogP contribution in [-0.2, 0) is 9.84 Å². The first-order chi connectivity index (χ1) is 8.11. The van der Waals surface area contributed by atoms with Crippen molar-refractivity contribution < 1.29 is 8.42 Å². The summed E-state index contributed by atoms with van der Waals surface area (Å²) in [5, 5.41) is 12.6. The molecule has 0 aromatic carbocycles. The summed E-state index contributed by atoms with van der Waals surface area (Å²) in [6.45, 7) is 0. The molecule has 3 unspecified atom stereocenters. The molecule has 1 heterocycles. The van der Waals surface area contributed by atoms with Crippen LogP contribution in [0.2, 0.25) is 0 Å². The molecule has 2 aliphatic rings. The molecule has 1 saturated carbocycles. The number of sulfone groups is 1. The quantitative estimate of drug-likeness (QED) is 0.755. The standard InChI is InChI=1S/C12H20N2O2S/c13-8-10-4-2-1-3-5-12(10)14-11-6-7-17(15,16)9-11/h10-12,14H,1-7,9H2. The molecule has 0 radical (unpaired) electrons. The molecule has 5 heteroatoms. The Kier molecular flexibility index (Phi) is 4.05. The number of nitrogens with zero attached hydrogens (tertiary/aromatic N) is 1. The van der Waals surface area contributed by atoms with Crippen LogP contribution in [0.1, 0.15) is 38.5 Å². The van der Waals surface area contributed by atoms with Crippen LogP contribution in [0.5, 0.6) is 0 Å². The van der Waals surface area contributed by atoms with E-state index in [0.717, 1.165) is 25.7 Å². The van der Waals surface area contributed by atoms with Gasteiger partial charge in [0, 0.05) is 12.1 Å². The number of nitrogens with one attached hydrogen (secondary N) is 1. The normalized spacial score (nSPS) is 37.2. The van der Waals surface area contributed by atoms with Gasteiger partial charge in [-0.25, -0.2) is 8.42 Å². The van der Waals surface area contributed by atoms with Gasteiger partial charge >= 0.3 is 0 Å². The summed E-state index contributed by atoms with van der Waals surface area (Å²) in [7, 11) is -2.82. The summed E-state index contributed by atoms with van der Waals surface area (Å²) < 4.78 is 22.8. The van der Waals surface area contributed by atoms with E-state index in [4.69, 9.17) is 5.26 Å². The van der Waals surface area contributed by atoms with Gasteiger partial charge in [0.2, 0.25) is 0 Å². The third-order valence-electron chi connectivity index (χ3n) is 3.86. The molecule has 2 fully saturated rings. The molecule has 4 nitrogen and oxygen atoms in total. The van der Waals surface area contributed by atoms with Gasteiger partial charge in [-0.2, -0.15) is 5.26 Å². The highest BCUT2D eigenvalue weighted by Gasteiger charge is 2.32. The molecule has 17 heavy (non-hydrogen) atoms. The minimum atomic E-state index is -2.82. The Morgan fingerprint density at radius 3 is 2.53 bits per heavy atom. The Bertz CT molecular complexity index is 399. The molecule has 0 bridgehead atoms. The van der Waals surface area contributed by atoms with Crippen molar-refractivity contribution in [3.63, 3.8) is 0 Å². The molecule has 0 aromatic rings. The number of hydrogen-bond donors (Lipinski definition) is 1. The maximum Gasteiger partial charge on any atom is 0.151 e. The average molecular weight is 256 g/mol. The van der Waals surface area contributed by atoms with Gasteiger partial charge in [0.1, 0.15) is 0 Å². The topological polar surface area (TPSA) is 70.0 Å². The molecule has 96 valence electrons. The Morgan fingerprint density at radius 2 is 1.88 bits per heavy atom. The van der Waals surface area contributed by atoms with Crippen LogP contribution in [0.15, 0.2) is 0 Å². The molecule has 3 atom stereocenters. The summed E-state index contributed by atoms with van der Waals surface area (Å²) in [6.07, 6.45) is 6.13. The maximum atomic E-state index is 11.4. The lowest BCUT2D eigenvalue weighted by molar-refractivity contribution is 0.360. The third kappa shape index (κ3) is 3.43. The first-order valence-electron chi connectivity index (χ1n) is 6.47. The summed E-state index contributed by atoms with van der Waals surface area (Å²) in [5.74, 6) is 0.608. The third-order valence-corrected chi connectivity index (χ3v) is 5.63. The lowest BCUT2D eigenvalue weighted by Crippen LogP contribution is -2.42.